The Labute approximate surface area is 132 Å². The molecule has 0 radical (unpaired) electrons. The third-order valence-electron chi connectivity index (χ3n) is 3.54. The van der Waals surface area contributed by atoms with Gasteiger partial charge in [0.25, 0.3) is 5.56 Å². The predicted molar refractivity (Wildman–Crippen MR) is 85.3 cm³/mol. The molecular formula is C18H15FN2O2. The highest BCUT2D eigenvalue weighted by Crippen LogP contribution is 2.17. The fourth-order valence-corrected chi connectivity index (χ4v) is 2.30. The highest BCUT2D eigenvalue weighted by molar-refractivity contribution is 5.57. The number of hydrogen-bond donors (Lipinski definition) is 1. The zero-order valence-electron chi connectivity index (χ0n) is 12.3. The first-order chi connectivity index (χ1) is 11.1. The summed E-state index contributed by atoms with van der Waals surface area (Å²) in [5.74, 6) is -0.332. The Kier molecular flexibility index (Phi) is 4.30. The molecule has 0 bridgehead atoms. The van der Waals surface area contributed by atoms with Crippen LogP contribution in [0, 0.1) is 5.82 Å². The molecule has 116 valence electrons. The topological polar surface area (TPSA) is 55.1 Å². The lowest BCUT2D eigenvalue weighted by Gasteiger charge is -2.13. The molecule has 4 nitrogen and oxygen atoms in total. The van der Waals surface area contributed by atoms with Crippen LogP contribution in [-0.2, 0) is 6.54 Å². The van der Waals surface area contributed by atoms with Gasteiger partial charge >= 0.3 is 0 Å². The van der Waals surface area contributed by atoms with E-state index in [1.807, 2.05) is 18.2 Å². The van der Waals surface area contributed by atoms with Gasteiger partial charge in [-0.05, 0) is 35.9 Å². The molecule has 0 saturated heterocycles. The zero-order valence-corrected chi connectivity index (χ0v) is 12.3. The van der Waals surface area contributed by atoms with Crippen LogP contribution in [0.5, 0.6) is 0 Å². The molecule has 2 aromatic carbocycles. The van der Waals surface area contributed by atoms with E-state index in [0.717, 1.165) is 0 Å². The summed E-state index contributed by atoms with van der Waals surface area (Å²) in [6, 6.07) is 17.9. The minimum Gasteiger partial charge on any atom is -0.386 e. The first kappa shape index (κ1) is 15.1. The third kappa shape index (κ3) is 3.52. The average Bonchev–Trinajstić information content (AvgIpc) is 2.58. The molecule has 1 atom stereocenters. The van der Waals surface area contributed by atoms with E-state index in [-0.39, 0.29) is 17.9 Å². The second kappa shape index (κ2) is 6.54. The van der Waals surface area contributed by atoms with E-state index in [4.69, 9.17) is 0 Å². The Balaban J connectivity index is 1.89. The molecule has 0 amide bonds. The summed E-state index contributed by atoms with van der Waals surface area (Å²) < 4.78 is 14.2. The van der Waals surface area contributed by atoms with E-state index < -0.39 is 6.10 Å². The second-order valence-corrected chi connectivity index (χ2v) is 5.17. The van der Waals surface area contributed by atoms with Crippen LogP contribution in [0.4, 0.5) is 4.39 Å². The number of rotatable bonds is 4. The van der Waals surface area contributed by atoms with Gasteiger partial charge in [0.15, 0.2) is 0 Å². The molecular weight excluding hydrogens is 295 g/mol. The smallest absolute Gasteiger partial charge is 0.266 e. The minimum atomic E-state index is -0.829. The minimum absolute atomic E-state index is 0.0535. The van der Waals surface area contributed by atoms with Crippen molar-refractivity contribution >= 4 is 0 Å². The molecule has 0 aliphatic carbocycles. The van der Waals surface area contributed by atoms with Gasteiger partial charge in [-0.15, -0.1) is 0 Å². The van der Waals surface area contributed by atoms with E-state index in [0.29, 0.717) is 16.8 Å². The van der Waals surface area contributed by atoms with E-state index in [1.54, 1.807) is 30.3 Å². The number of benzene rings is 2. The van der Waals surface area contributed by atoms with Crippen molar-refractivity contribution in [2.75, 3.05) is 0 Å². The van der Waals surface area contributed by atoms with Gasteiger partial charge in [0.1, 0.15) is 5.82 Å². The molecule has 5 heteroatoms. The molecule has 0 saturated carbocycles. The van der Waals surface area contributed by atoms with E-state index >= 15 is 0 Å². The molecule has 0 spiro atoms. The Hall–Kier alpha value is -2.79. The van der Waals surface area contributed by atoms with Crippen molar-refractivity contribution in [3.05, 3.63) is 88.5 Å². The summed E-state index contributed by atoms with van der Waals surface area (Å²) in [6.07, 6.45) is -0.829. The third-order valence-corrected chi connectivity index (χ3v) is 3.54. The molecule has 1 aromatic heterocycles. The molecule has 23 heavy (non-hydrogen) atoms. The molecule has 0 unspecified atom stereocenters. The van der Waals surface area contributed by atoms with Crippen molar-refractivity contribution in [1.29, 1.82) is 0 Å². The number of aliphatic hydroxyl groups excluding tert-OH is 1. The Morgan fingerprint density at radius 1 is 1.00 bits per heavy atom. The first-order valence-electron chi connectivity index (χ1n) is 7.20. The largest absolute Gasteiger partial charge is 0.386 e. The lowest BCUT2D eigenvalue weighted by Crippen LogP contribution is -2.25. The summed E-state index contributed by atoms with van der Waals surface area (Å²) in [5.41, 5.74) is 1.67. The van der Waals surface area contributed by atoms with Crippen molar-refractivity contribution in [3.63, 3.8) is 0 Å². The van der Waals surface area contributed by atoms with Crippen molar-refractivity contribution in [2.45, 2.75) is 12.6 Å². The van der Waals surface area contributed by atoms with E-state index in [2.05, 4.69) is 5.10 Å². The predicted octanol–water partition coefficient (Wildman–Crippen LogP) is 2.78. The van der Waals surface area contributed by atoms with Gasteiger partial charge in [0.05, 0.1) is 18.3 Å². The fourth-order valence-electron chi connectivity index (χ4n) is 2.30. The van der Waals surface area contributed by atoms with Crippen LogP contribution in [0.25, 0.3) is 11.3 Å². The van der Waals surface area contributed by atoms with Crippen LogP contribution in [0.2, 0.25) is 0 Å². The molecule has 1 heterocycles. The highest BCUT2D eigenvalue weighted by Gasteiger charge is 2.11. The van der Waals surface area contributed by atoms with Crippen molar-refractivity contribution in [1.82, 2.24) is 9.78 Å². The van der Waals surface area contributed by atoms with Crippen molar-refractivity contribution in [2.24, 2.45) is 0 Å². The number of halogens is 1. The van der Waals surface area contributed by atoms with Crippen LogP contribution in [0.1, 0.15) is 11.7 Å². The van der Waals surface area contributed by atoms with Crippen LogP contribution in [-0.4, -0.2) is 14.9 Å². The summed E-state index contributed by atoms with van der Waals surface area (Å²) in [4.78, 5) is 12.0. The number of aromatic nitrogens is 2. The lowest BCUT2D eigenvalue weighted by atomic mass is 10.1. The number of nitrogens with zero attached hydrogens (tertiary/aromatic N) is 2. The van der Waals surface area contributed by atoms with Crippen molar-refractivity contribution in [3.8, 4) is 11.3 Å². The maximum absolute atomic E-state index is 13.0. The summed E-state index contributed by atoms with van der Waals surface area (Å²) in [6.45, 7) is 0.0535. The normalized spacial score (nSPS) is 12.1. The van der Waals surface area contributed by atoms with Gasteiger partial charge in [-0.1, -0.05) is 30.3 Å². The van der Waals surface area contributed by atoms with Crippen LogP contribution in [0.15, 0.2) is 71.5 Å². The Bertz CT molecular complexity index is 845. The van der Waals surface area contributed by atoms with Crippen LogP contribution in [0.3, 0.4) is 0 Å². The highest BCUT2D eigenvalue weighted by atomic mass is 19.1. The summed E-state index contributed by atoms with van der Waals surface area (Å²) >= 11 is 0. The van der Waals surface area contributed by atoms with E-state index in [1.165, 1.54) is 22.9 Å². The van der Waals surface area contributed by atoms with Gasteiger partial charge in [0, 0.05) is 11.6 Å². The zero-order chi connectivity index (χ0) is 16.2. The van der Waals surface area contributed by atoms with Crippen molar-refractivity contribution < 1.29 is 9.50 Å². The van der Waals surface area contributed by atoms with Crippen LogP contribution < -0.4 is 5.56 Å². The standard InChI is InChI=1S/C18H15FN2O2/c19-15-8-6-13(7-9-15)16-10-11-18(23)21(20-16)12-17(22)14-4-2-1-3-5-14/h1-11,17,22H,12H2/t17-/m1/s1. The molecule has 0 aliphatic heterocycles. The first-order valence-corrected chi connectivity index (χ1v) is 7.20. The monoisotopic (exact) mass is 310 g/mol. The van der Waals surface area contributed by atoms with Gasteiger partial charge in [-0.2, -0.15) is 5.10 Å². The SMILES string of the molecule is O=c1ccc(-c2ccc(F)cc2)nn1C[C@@H](O)c1ccccc1. The summed E-state index contributed by atoms with van der Waals surface area (Å²) in [7, 11) is 0. The van der Waals surface area contributed by atoms with Gasteiger partial charge < -0.3 is 5.11 Å². The second-order valence-electron chi connectivity index (χ2n) is 5.17. The number of hydrogen-bond acceptors (Lipinski definition) is 3. The fraction of sp³-hybridized carbons (Fsp3) is 0.111. The molecule has 0 fully saturated rings. The van der Waals surface area contributed by atoms with Gasteiger partial charge in [-0.3, -0.25) is 4.79 Å². The molecule has 0 aliphatic rings. The molecule has 3 aromatic rings. The summed E-state index contributed by atoms with van der Waals surface area (Å²) in [5, 5.41) is 14.5. The number of aliphatic hydroxyl groups is 1. The Morgan fingerprint density at radius 3 is 2.39 bits per heavy atom. The quantitative estimate of drug-likeness (QED) is 0.806. The lowest BCUT2D eigenvalue weighted by molar-refractivity contribution is 0.149. The van der Waals surface area contributed by atoms with Gasteiger partial charge in [0.2, 0.25) is 0 Å². The molecule has 1 N–H and O–H groups in total. The maximum atomic E-state index is 13.0. The van der Waals surface area contributed by atoms with Crippen LogP contribution >= 0.6 is 0 Å². The Morgan fingerprint density at radius 2 is 1.70 bits per heavy atom. The molecule has 3 rings (SSSR count). The maximum Gasteiger partial charge on any atom is 0.266 e. The average molecular weight is 310 g/mol. The van der Waals surface area contributed by atoms with E-state index in [9.17, 15) is 14.3 Å². The van der Waals surface area contributed by atoms with Gasteiger partial charge in [-0.25, -0.2) is 9.07 Å².